The summed E-state index contributed by atoms with van der Waals surface area (Å²) >= 11 is 12.4. The molecule has 1 aromatic carbocycles. The second-order valence-corrected chi connectivity index (χ2v) is 8.85. The van der Waals surface area contributed by atoms with Crippen LogP contribution in [-0.2, 0) is 40.9 Å². The Hall–Kier alpha value is -1.12. The topological polar surface area (TPSA) is 64.4 Å². The van der Waals surface area contributed by atoms with Crippen LogP contribution in [0, 0.1) is 0 Å². The molecule has 2 aromatic rings. The molecule has 25 heavy (non-hydrogen) atoms. The second kappa shape index (κ2) is 7.25. The molecule has 3 rings (SSSR count). The largest absolute Gasteiger partial charge is 0.377 e. The van der Waals surface area contributed by atoms with Crippen molar-refractivity contribution in [2.75, 3.05) is 19.9 Å². The lowest BCUT2D eigenvalue weighted by atomic mass is 10.1. The smallest absolute Gasteiger partial charge is 0.211 e. The van der Waals surface area contributed by atoms with Crippen molar-refractivity contribution in [1.29, 1.82) is 0 Å². The van der Waals surface area contributed by atoms with Gasteiger partial charge in [0.25, 0.3) is 0 Å². The fourth-order valence-corrected chi connectivity index (χ4v) is 4.14. The lowest BCUT2D eigenvalue weighted by Gasteiger charge is -2.25. The van der Waals surface area contributed by atoms with Crippen LogP contribution < -0.4 is 0 Å². The van der Waals surface area contributed by atoms with Gasteiger partial charge >= 0.3 is 0 Å². The first-order valence-corrected chi connectivity index (χ1v) is 10.3. The Morgan fingerprint density at radius 1 is 1.32 bits per heavy atom. The molecule has 0 atom stereocenters. The lowest BCUT2D eigenvalue weighted by Crippen LogP contribution is -2.36. The van der Waals surface area contributed by atoms with Crippen molar-refractivity contribution in [3.63, 3.8) is 0 Å². The number of nitrogens with zero attached hydrogens (tertiary/aromatic N) is 3. The average Bonchev–Trinajstić information content (AvgIpc) is 2.87. The molecule has 0 spiro atoms. The molecule has 0 saturated carbocycles. The number of rotatable bonds is 5. The minimum atomic E-state index is -3.26. The number of methoxy groups -OCH3 is 1. The molecule has 1 aliphatic rings. The first-order valence-electron chi connectivity index (χ1n) is 7.74. The molecule has 1 aliphatic heterocycles. The van der Waals surface area contributed by atoms with Crippen molar-refractivity contribution < 1.29 is 13.2 Å². The number of aromatic nitrogens is 2. The van der Waals surface area contributed by atoms with Crippen molar-refractivity contribution in [2.24, 2.45) is 0 Å². The monoisotopic (exact) mass is 403 g/mol. The number of fused-ring (bicyclic) bond motifs is 1. The third-order valence-electron chi connectivity index (χ3n) is 4.24. The molecule has 2 heterocycles. The van der Waals surface area contributed by atoms with E-state index in [0.717, 1.165) is 22.8 Å². The fourth-order valence-electron chi connectivity index (χ4n) is 2.99. The summed E-state index contributed by atoms with van der Waals surface area (Å²) in [7, 11) is -1.66. The number of hydrogen-bond donors (Lipinski definition) is 0. The summed E-state index contributed by atoms with van der Waals surface area (Å²) in [5.41, 5.74) is 2.63. The van der Waals surface area contributed by atoms with Gasteiger partial charge in [-0.05, 0) is 23.8 Å². The molecular formula is C16H19Cl2N3O3S. The van der Waals surface area contributed by atoms with Gasteiger partial charge in [0.2, 0.25) is 10.0 Å². The molecule has 6 nitrogen and oxygen atoms in total. The summed E-state index contributed by atoms with van der Waals surface area (Å²) < 4.78 is 32.6. The van der Waals surface area contributed by atoms with Gasteiger partial charge in [-0.2, -0.15) is 4.31 Å². The fraction of sp³-hybridized carbons (Fsp3) is 0.438. The number of halogens is 2. The predicted octanol–water partition coefficient (Wildman–Crippen LogP) is 2.70. The van der Waals surface area contributed by atoms with Gasteiger partial charge in [0.15, 0.2) is 0 Å². The van der Waals surface area contributed by atoms with Gasteiger partial charge in [0, 0.05) is 30.1 Å². The van der Waals surface area contributed by atoms with Gasteiger partial charge < -0.3 is 9.30 Å². The zero-order chi connectivity index (χ0) is 18.2. The summed E-state index contributed by atoms with van der Waals surface area (Å²) in [4.78, 5) is 4.65. The van der Waals surface area contributed by atoms with Crippen LogP contribution in [0.15, 0.2) is 18.2 Å². The molecule has 0 saturated heterocycles. The lowest BCUT2D eigenvalue weighted by molar-refractivity contribution is 0.174. The van der Waals surface area contributed by atoms with Crippen LogP contribution in [0.2, 0.25) is 10.0 Å². The minimum absolute atomic E-state index is 0.295. The minimum Gasteiger partial charge on any atom is -0.377 e. The average molecular weight is 404 g/mol. The van der Waals surface area contributed by atoms with Gasteiger partial charge in [0.1, 0.15) is 12.4 Å². The maximum absolute atomic E-state index is 11.9. The summed E-state index contributed by atoms with van der Waals surface area (Å²) in [6, 6.07) is 5.30. The highest BCUT2D eigenvalue weighted by Crippen LogP contribution is 2.27. The van der Waals surface area contributed by atoms with E-state index in [1.54, 1.807) is 19.2 Å². The molecule has 0 unspecified atom stereocenters. The summed E-state index contributed by atoms with van der Waals surface area (Å²) in [6.45, 7) is 1.53. The van der Waals surface area contributed by atoms with Crippen molar-refractivity contribution in [3.05, 3.63) is 51.0 Å². The van der Waals surface area contributed by atoms with E-state index < -0.39 is 10.0 Å². The van der Waals surface area contributed by atoms with E-state index in [4.69, 9.17) is 27.9 Å². The number of sulfonamides is 1. The maximum Gasteiger partial charge on any atom is 0.211 e. The van der Waals surface area contributed by atoms with Crippen LogP contribution in [0.1, 0.15) is 22.8 Å². The van der Waals surface area contributed by atoms with Gasteiger partial charge in [-0.15, -0.1) is 0 Å². The molecule has 9 heteroatoms. The Labute approximate surface area is 157 Å². The molecule has 0 bridgehead atoms. The van der Waals surface area contributed by atoms with Crippen molar-refractivity contribution in [3.8, 4) is 0 Å². The Morgan fingerprint density at radius 2 is 2.08 bits per heavy atom. The number of benzene rings is 1. The van der Waals surface area contributed by atoms with Gasteiger partial charge in [0.05, 0.1) is 30.7 Å². The molecule has 136 valence electrons. The first kappa shape index (κ1) is 18.7. The van der Waals surface area contributed by atoms with Crippen molar-refractivity contribution in [2.45, 2.75) is 26.1 Å². The van der Waals surface area contributed by atoms with Gasteiger partial charge in [-0.25, -0.2) is 13.4 Å². The molecule has 0 aliphatic carbocycles. The second-order valence-electron chi connectivity index (χ2n) is 6.02. The first-order chi connectivity index (χ1) is 11.8. The number of imidazole rings is 1. The van der Waals surface area contributed by atoms with E-state index in [2.05, 4.69) is 4.98 Å². The van der Waals surface area contributed by atoms with Crippen LogP contribution in [-0.4, -0.2) is 42.2 Å². The highest BCUT2D eigenvalue weighted by atomic mass is 35.5. The summed E-state index contributed by atoms with van der Waals surface area (Å²) in [5.74, 6) is 0.749. The SMILES string of the molecule is COCc1nc2c(n1Cc1cc(Cl)ccc1Cl)CN(S(C)(=O)=O)CC2. The Kier molecular flexibility index (Phi) is 5.41. The van der Waals surface area contributed by atoms with E-state index >= 15 is 0 Å². The van der Waals surface area contributed by atoms with Crippen LogP contribution in [0.5, 0.6) is 0 Å². The highest BCUT2D eigenvalue weighted by Gasteiger charge is 2.28. The van der Waals surface area contributed by atoms with E-state index in [1.165, 1.54) is 10.6 Å². The van der Waals surface area contributed by atoms with E-state index in [-0.39, 0.29) is 0 Å². The third kappa shape index (κ3) is 4.01. The van der Waals surface area contributed by atoms with Crippen LogP contribution in [0.3, 0.4) is 0 Å². The Morgan fingerprint density at radius 3 is 2.76 bits per heavy atom. The molecule has 0 fully saturated rings. The van der Waals surface area contributed by atoms with Crippen LogP contribution in [0.25, 0.3) is 0 Å². The van der Waals surface area contributed by atoms with Gasteiger partial charge in [-0.1, -0.05) is 23.2 Å². The molecule has 0 N–H and O–H groups in total. The number of hydrogen-bond acceptors (Lipinski definition) is 4. The van der Waals surface area contributed by atoms with Crippen molar-refractivity contribution in [1.82, 2.24) is 13.9 Å². The quantitative estimate of drug-likeness (QED) is 0.769. The molecule has 1 aromatic heterocycles. The summed E-state index contributed by atoms with van der Waals surface area (Å²) in [6.07, 6.45) is 1.80. The number of ether oxygens (including phenoxy) is 1. The zero-order valence-electron chi connectivity index (χ0n) is 14.0. The normalized spacial score (nSPS) is 15.4. The maximum atomic E-state index is 11.9. The molecule has 0 radical (unpaired) electrons. The Bertz CT molecular complexity index is 896. The zero-order valence-corrected chi connectivity index (χ0v) is 16.3. The van der Waals surface area contributed by atoms with E-state index in [9.17, 15) is 8.42 Å². The molecule has 0 amide bonds. The standard InChI is InChI=1S/C16H19Cl2N3O3S/c1-24-10-16-19-14-5-6-20(25(2,22)23)9-15(14)21(16)8-11-7-12(17)3-4-13(11)18/h3-4,7H,5-6,8-10H2,1-2H3. The van der Waals surface area contributed by atoms with E-state index in [0.29, 0.717) is 42.7 Å². The molecular weight excluding hydrogens is 385 g/mol. The van der Waals surface area contributed by atoms with Gasteiger partial charge in [-0.3, -0.25) is 0 Å². The van der Waals surface area contributed by atoms with Crippen molar-refractivity contribution >= 4 is 33.2 Å². The summed E-state index contributed by atoms with van der Waals surface area (Å²) in [5, 5.41) is 1.20. The van der Waals surface area contributed by atoms with Crippen LogP contribution >= 0.6 is 23.2 Å². The van der Waals surface area contributed by atoms with Crippen LogP contribution in [0.4, 0.5) is 0 Å². The van der Waals surface area contributed by atoms with E-state index in [1.807, 2.05) is 10.6 Å². The predicted molar refractivity (Wildman–Crippen MR) is 97.5 cm³/mol. The Balaban J connectivity index is 2.03. The highest BCUT2D eigenvalue weighted by molar-refractivity contribution is 7.88. The third-order valence-corrected chi connectivity index (χ3v) is 6.09.